The third kappa shape index (κ3) is 6.05. The van der Waals surface area contributed by atoms with Crippen LogP contribution in [0.5, 0.6) is 0 Å². The first-order valence-electron chi connectivity index (χ1n) is 9.64. The molecule has 1 amide bonds. The lowest BCUT2D eigenvalue weighted by atomic mass is 10.1. The Morgan fingerprint density at radius 2 is 1.96 bits per heavy atom. The van der Waals surface area contributed by atoms with Crippen LogP contribution in [-0.4, -0.2) is 74.7 Å². The zero-order valence-electron chi connectivity index (χ0n) is 16.7. The Hall–Kier alpha value is -1.39. The Bertz CT molecular complexity index is 657. The molecule has 3 rings (SSSR count). The van der Waals surface area contributed by atoms with E-state index >= 15 is 0 Å². The number of ether oxygens (including phenoxy) is 2. The fraction of sp³-hybridized carbons (Fsp3) is 0.600. The normalized spacial score (nSPS) is 20.1. The molecule has 1 N–H and O–H groups in total. The Morgan fingerprint density at radius 1 is 1.25 bits per heavy atom. The highest BCUT2D eigenvalue weighted by Gasteiger charge is 2.30. The summed E-state index contributed by atoms with van der Waals surface area (Å²) in [4.78, 5) is 21.0. The van der Waals surface area contributed by atoms with Crippen LogP contribution in [-0.2, 0) is 27.4 Å². The van der Waals surface area contributed by atoms with Crippen molar-refractivity contribution in [3.63, 3.8) is 0 Å². The maximum Gasteiger partial charge on any atom is 0.251 e. The molecule has 2 heterocycles. The van der Waals surface area contributed by atoms with Crippen molar-refractivity contribution in [2.45, 2.75) is 32.1 Å². The molecule has 0 aliphatic carbocycles. The number of amides is 1. The maximum atomic E-state index is 12.5. The predicted molar refractivity (Wildman–Crippen MR) is 120 cm³/mol. The van der Waals surface area contributed by atoms with Gasteiger partial charge in [-0.1, -0.05) is 24.3 Å². The summed E-state index contributed by atoms with van der Waals surface area (Å²) in [5.41, 5.74) is 2.35. The van der Waals surface area contributed by atoms with Gasteiger partial charge in [0.1, 0.15) is 6.10 Å². The highest BCUT2D eigenvalue weighted by molar-refractivity contribution is 14.0. The zero-order chi connectivity index (χ0) is 19.1. The molecular weight excluding hydrogens is 471 g/mol. The molecule has 2 aliphatic rings. The number of carbonyl (C=O) groups is 1. The predicted octanol–water partition coefficient (Wildman–Crippen LogP) is 1.85. The summed E-state index contributed by atoms with van der Waals surface area (Å²) < 4.78 is 10.7. The Labute approximate surface area is 184 Å². The van der Waals surface area contributed by atoms with Crippen molar-refractivity contribution in [2.24, 2.45) is 4.99 Å². The number of aliphatic imine (C=N–C) groups is 1. The van der Waals surface area contributed by atoms with Crippen LogP contribution >= 0.6 is 24.0 Å². The van der Waals surface area contributed by atoms with E-state index in [4.69, 9.17) is 9.47 Å². The van der Waals surface area contributed by atoms with E-state index in [0.717, 1.165) is 37.5 Å². The highest BCUT2D eigenvalue weighted by Crippen LogP contribution is 2.16. The van der Waals surface area contributed by atoms with E-state index in [0.29, 0.717) is 32.8 Å². The number of hydrogen-bond acceptors (Lipinski definition) is 4. The van der Waals surface area contributed by atoms with Crippen molar-refractivity contribution < 1.29 is 14.3 Å². The molecule has 2 saturated heterocycles. The molecule has 28 heavy (non-hydrogen) atoms. The van der Waals surface area contributed by atoms with Gasteiger partial charge in [0.05, 0.1) is 6.61 Å². The molecule has 1 aromatic rings. The molecule has 156 valence electrons. The zero-order valence-corrected chi connectivity index (χ0v) is 19.1. The maximum absolute atomic E-state index is 12.5. The summed E-state index contributed by atoms with van der Waals surface area (Å²) >= 11 is 0. The van der Waals surface area contributed by atoms with E-state index < -0.39 is 0 Å². The lowest BCUT2D eigenvalue weighted by Crippen LogP contribution is -2.55. The van der Waals surface area contributed by atoms with Gasteiger partial charge in [-0.05, 0) is 24.0 Å². The summed E-state index contributed by atoms with van der Waals surface area (Å²) in [6.45, 7) is 5.01. The summed E-state index contributed by atoms with van der Waals surface area (Å²) in [6, 6.07) is 8.34. The number of nitrogens with zero attached hydrogens (tertiary/aromatic N) is 3. The second-order valence-corrected chi connectivity index (χ2v) is 6.97. The number of methoxy groups -OCH3 is 1. The monoisotopic (exact) mass is 502 g/mol. The second-order valence-electron chi connectivity index (χ2n) is 6.97. The molecule has 2 fully saturated rings. The van der Waals surface area contributed by atoms with Crippen LogP contribution in [0.1, 0.15) is 24.0 Å². The third-order valence-electron chi connectivity index (χ3n) is 5.06. The van der Waals surface area contributed by atoms with E-state index in [9.17, 15) is 4.79 Å². The van der Waals surface area contributed by atoms with Gasteiger partial charge in [0.2, 0.25) is 0 Å². The number of benzene rings is 1. The summed E-state index contributed by atoms with van der Waals surface area (Å²) in [5.74, 6) is 1.02. The molecule has 0 radical (unpaired) electrons. The first-order valence-corrected chi connectivity index (χ1v) is 9.64. The molecule has 1 unspecified atom stereocenters. The number of guanidine groups is 1. The van der Waals surface area contributed by atoms with Gasteiger partial charge in [-0.2, -0.15) is 0 Å². The minimum absolute atomic E-state index is 0. The summed E-state index contributed by atoms with van der Waals surface area (Å²) in [6.07, 6.45) is 1.61. The molecular formula is C20H31IN4O3. The molecule has 0 saturated carbocycles. The number of rotatable bonds is 5. The number of carbonyl (C=O) groups excluding carboxylic acids is 1. The second kappa shape index (κ2) is 11.6. The Kier molecular flexibility index (Phi) is 9.46. The number of halogens is 1. The quantitative estimate of drug-likeness (QED) is 0.379. The van der Waals surface area contributed by atoms with E-state index in [1.54, 1.807) is 14.2 Å². The SMILES string of the molecule is CN=C(NCc1cccc(COC)c1)N1CCN(C(=O)C2CCCO2)CC1.I. The first-order chi connectivity index (χ1) is 13.2. The Morgan fingerprint density at radius 3 is 2.61 bits per heavy atom. The number of piperazine rings is 1. The van der Waals surface area contributed by atoms with E-state index in [1.165, 1.54) is 5.56 Å². The van der Waals surface area contributed by atoms with E-state index in [1.807, 2.05) is 11.0 Å². The van der Waals surface area contributed by atoms with Crippen molar-refractivity contribution in [1.82, 2.24) is 15.1 Å². The standard InChI is InChI=1S/C20H30N4O3.HI/c1-21-20(22-14-16-5-3-6-17(13-16)15-26-2)24-10-8-23(9-11-24)19(25)18-7-4-12-27-18;/h3,5-6,13,18H,4,7-12,14-15H2,1-2H3,(H,21,22);1H. The number of hydrogen-bond donors (Lipinski definition) is 1. The molecule has 0 bridgehead atoms. The topological polar surface area (TPSA) is 66.4 Å². The molecule has 8 heteroatoms. The summed E-state index contributed by atoms with van der Waals surface area (Å²) in [5, 5.41) is 3.43. The average molecular weight is 502 g/mol. The fourth-order valence-electron chi connectivity index (χ4n) is 3.62. The molecule has 0 aromatic heterocycles. The third-order valence-corrected chi connectivity index (χ3v) is 5.06. The molecule has 1 atom stereocenters. The molecule has 7 nitrogen and oxygen atoms in total. The average Bonchev–Trinajstić information content (AvgIpc) is 3.24. The minimum Gasteiger partial charge on any atom is -0.380 e. The van der Waals surface area contributed by atoms with Gasteiger partial charge >= 0.3 is 0 Å². The van der Waals surface area contributed by atoms with Crippen molar-refractivity contribution in [3.05, 3.63) is 35.4 Å². The highest BCUT2D eigenvalue weighted by atomic mass is 127. The van der Waals surface area contributed by atoms with Gasteiger partial charge in [-0.3, -0.25) is 9.79 Å². The van der Waals surface area contributed by atoms with Gasteiger partial charge in [0, 0.05) is 53.5 Å². The molecule has 2 aliphatic heterocycles. The van der Waals surface area contributed by atoms with Gasteiger partial charge < -0.3 is 24.6 Å². The lowest BCUT2D eigenvalue weighted by Gasteiger charge is -2.37. The van der Waals surface area contributed by atoms with E-state index in [-0.39, 0.29) is 36.0 Å². The van der Waals surface area contributed by atoms with Crippen molar-refractivity contribution in [1.29, 1.82) is 0 Å². The van der Waals surface area contributed by atoms with Gasteiger partial charge in [-0.25, -0.2) is 0 Å². The van der Waals surface area contributed by atoms with Crippen LogP contribution in [0.4, 0.5) is 0 Å². The largest absolute Gasteiger partial charge is 0.380 e. The van der Waals surface area contributed by atoms with Crippen LogP contribution in [0, 0.1) is 0 Å². The fourth-order valence-corrected chi connectivity index (χ4v) is 3.62. The van der Waals surface area contributed by atoms with Crippen LogP contribution < -0.4 is 5.32 Å². The van der Waals surface area contributed by atoms with Crippen LogP contribution in [0.2, 0.25) is 0 Å². The summed E-state index contributed by atoms with van der Waals surface area (Å²) in [7, 11) is 3.50. The van der Waals surface area contributed by atoms with Crippen molar-refractivity contribution in [2.75, 3.05) is 46.9 Å². The van der Waals surface area contributed by atoms with Crippen molar-refractivity contribution >= 4 is 35.8 Å². The lowest BCUT2D eigenvalue weighted by molar-refractivity contribution is -0.142. The van der Waals surface area contributed by atoms with Crippen LogP contribution in [0.3, 0.4) is 0 Å². The Balaban J connectivity index is 0.00000280. The first kappa shape index (κ1) is 22.9. The number of nitrogens with one attached hydrogen (secondary N) is 1. The minimum atomic E-state index is -0.228. The smallest absolute Gasteiger partial charge is 0.251 e. The van der Waals surface area contributed by atoms with Crippen LogP contribution in [0.15, 0.2) is 29.3 Å². The molecule has 1 aromatic carbocycles. The van der Waals surface area contributed by atoms with Crippen LogP contribution in [0.25, 0.3) is 0 Å². The van der Waals surface area contributed by atoms with Gasteiger partial charge in [0.15, 0.2) is 5.96 Å². The van der Waals surface area contributed by atoms with Crippen molar-refractivity contribution in [3.8, 4) is 0 Å². The van der Waals surface area contributed by atoms with E-state index in [2.05, 4.69) is 33.4 Å². The van der Waals surface area contributed by atoms with Gasteiger partial charge in [-0.15, -0.1) is 24.0 Å². The van der Waals surface area contributed by atoms with Gasteiger partial charge in [0.25, 0.3) is 5.91 Å². The molecule has 0 spiro atoms.